The summed E-state index contributed by atoms with van der Waals surface area (Å²) in [5, 5.41) is 8.85. The van der Waals surface area contributed by atoms with Crippen molar-refractivity contribution < 1.29 is 14.6 Å². The van der Waals surface area contributed by atoms with Gasteiger partial charge in [0, 0.05) is 0 Å². The van der Waals surface area contributed by atoms with E-state index in [1.807, 2.05) is 0 Å². The van der Waals surface area contributed by atoms with Crippen LogP contribution in [0.4, 0.5) is 0 Å². The number of aromatic carboxylic acids is 1. The van der Waals surface area contributed by atoms with Gasteiger partial charge in [0.05, 0.1) is 12.2 Å². The SMILES string of the molecule is CCCC1CCC(CCCOc2ccc(C(=O)O)cc2)CC1. The number of carboxylic acids is 1. The molecule has 1 aromatic carbocycles. The molecule has 0 heterocycles. The Morgan fingerprint density at radius 2 is 1.68 bits per heavy atom. The van der Waals surface area contributed by atoms with E-state index in [1.54, 1.807) is 24.3 Å². The molecule has 0 aliphatic heterocycles. The molecule has 0 unspecified atom stereocenters. The Morgan fingerprint density at radius 1 is 1.09 bits per heavy atom. The molecule has 1 fully saturated rings. The van der Waals surface area contributed by atoms with Gasteiger partial charge in [-0.05, 0) is 48.9 Å². The average Bonchev–Trinajstić information content (AvgIpc) is 2.54. The lowest BCUT2D eigenvalue weighted by Gasteiger charge is -2.28. The molecule has 2 rings (SSSR count). The van der Waals surface area contributed by atoms with Gasteiger partial charge in [0.2, 0.25) is 0 Å². The minimum atomic E-state index is -0.898. The lowest BCUT2D eigenvalue weighted by atomic mass is 9.78. The monoisotopic (exact) mass is 304 g/mol. The molecule has 3 heteroatoms. The van der Waals surface area contributed by atoms with Crippen LogP contribution in [0.2, 0.25) is 0 Å². The Morgan fingerprint density at radius 3 is 2.23 bits per heavy atom. The molecule has 1 aliphatic rings. The van der Waals surface area contributed by atoms with Crippen LogP contribution in [0.25, 0.3) is 0 Å². The van der Waals surface area contributed by atoms with Gasteiger partial charge in [0.1, 0.15) is 5.75 Å². The highest BCUT2D eigenvalue weighted by molar-refractivity contribution is 5.87. The second kappa shape index (κ2) is 8.82. The van der Waals surface area contributed by atoms with E-state index in [9.17, 15) is 4.79 Å². The number of ether oxygens (including phenoxy) is 1. The Kier molecular flexibility index (Phi) is 6.75. The first-order valence-corrected chi connectivity index (χ1v) is 8.65. The van der Waals surface area contributed by atoms with E-state index >= 15 is 0 Å². The Balaban J connectivity index is 1.60. The molecular formula is C19H28O3. The number of carbonyl (C=O) groups is 1. The molecule has 0 saturated heterocycles. The minimum absolute atomic E-state index is 0.302. The van der Waals surface area contributed by atoms with Crippen LogP contribution >= 0.6 is 0 Å². The van der Waals surface area contributed by atoms with E-state index < -0.39 is 5.97 Å². The van der Waals surface area contributed by atoms with E-state index in [-0.39, 0.29) is 0 Å². The number of carboxylic acid groups (broad SMARTS) is 1. The summed E-state index contributed by atoms with van der Waals surface area (Å²) in [5.74, 6) is 1.72. The summed E-state index contributed by atoms with van der Waals surface area (Å²) in [6.45, 7) is 3.01. The summed E-state index contributed by atoms with van der Waals surface area (Å²) in [5.41, 5.74) is 0.302. The van der Waals surface area contributed by atoms with Gasteiger partial charge < -0.3 is 9.84 Å². The highest BCUT2D eigenvalue weighted by Crippen LogP contribution is 2.33. The fraction of sp³-hybridized carbons (Fsp3) is 0.632. The quantitative estimate of drug-likeness (QED) is 0.675. The normalized spacial score (nSPS) is 21.5. The van der Waals surface area contributed by atoms with Crippen LogP contribution in [0.5, 0.6) is 5.75 Å². The van der Waals surface area contributed by atoms with E-state index in [0.29, 0.717) is 5.56 Å². The largest absolute Gasteiger partial charge is 0.494 e. The van der Waals surface area contributed by atoms with Crippen molar-refractivity contribution in [3.05, 3.63) is 29.8 Å². The standard InChI is InChI=1S/C19H28O3/c1-2-4-15-6-8-16(9-7-15)5-3-14-22-18-12-10-17(11-13-18)19(20)21/h10-13,15-16H,2-9,14H2,1H3,(H,20,21). The first-order chi connectivity index (χ1) is 10.7. The molecule has 1 saturated carbocycles. The number of benzene rings is 1. The van der Waals surface area contributed by atoms with Crippen molar-refractivity contribution >= 4 is 5.97 Å². The van der Waals surface area contributed by atoms with E-state index in [0.717, 1.165) is 30.6 Å². The molecule has 0 aromatic heterocycles. The summed E-state index contributed by atoms with van der Waals surface area (Å²) in [4.78, 5) is 10.8. The van der Waals surface area contributed by atoms with Crippen LogP contribution in [0, 0.1) is 11.8 Å². The van der Waals surface area contributed by atoms with Gasteiger partial charge >= 0.3 is 5.97 Å². The van der Waals surface area contributed by atoms with Gasteiger partial charge in [0.15, 0.2) is 0 Å². The van der Waals surface area contributed by atoms with Crippen LogP contribution in [0.15, 0.2) is 24.3 Å². The second-order valence-electron chi connectivity index (χ2n) is 6.50. The van der Waals surface area contributed by atoms with Crippen molar-refractivity contribution in [1.82, 2.24) is 0 Å². The van der Waals surface area contributed by atoms with E-state index in [4.69, 9.17) is 9.84 Å². The maximum absolute atomic E-state index is 10.8. The smallest absolute Gasteiger partial charge is 0.335 e. The van der Waals surface area contributed by atoms with Gasteiger partial charge in [0.25, 0.3) is 0 Å². The molecular weight excluding hydrogens is 276 g/mol. The van der Waals surface area contributed by atoms with Crippen molar-refractivity contribution in [3.63, 3.8) is 0 Å². The fourth-order valence-electron chi connectivity index (χ4n) is 3.47. The van der Waals surface area contributed by atoms with Gasteiger partial charge in [-0.3, -0.25) is 0 Å². The molecule has 122 valence electrons. The van der Waals surface area contributed by atoms with Crippen LogP contribution in [0.1, 0.15) is 68.6 Å². The zero-order valence-electron chi connectivity index (χ0n) is 13.6. The number of hydrogen-bond acceptors (Lipinski definition) is 2. The van der Waals surface area contributed by atoms with Crippen LogP contribution in [0.3, 0.4) is 0 Å². The lowest BCUT2D eigenvalue weighted by Crippen LogP contribution is -2.15. The van der Waals surface area contributed by atoms with Crippen molar-refractivity contribution in [2.45, 2.75) is 58.3 Å². The third kappa shape index (κ3) is 5.36. The summed E-state index contributed by atoms with van der Waals surface area (Å²) in [7, 11) is 0. The molecule has 0 radical (unpaired) electrons. The topological polar surface area (TPSA) is 46.5 Å². The van der Waals surface area contributed by atoms with Crippen molar-refractivity contribution in [3.8, 4) is 5.75 Å². The Labute approximate surface area is 133 Å². The van der Waals surface area contributed by atoms with Crippen molar-refractivity contribution in [1.29, 1.82) is 0 Å². The third-order valence-corrected chi connectivity index (χ3v) is 4.79. The predicted octanol–water partition coefficient (Wildman–Crippen LogP) is 5.15. The minimum Gasteiger partial charge on any atom is -0.494 e. The molecule has 3 nitrogen and oxygen atoms in total. The zero-order valence-corrected chi connectivity index (χ0v) is 13.6. The average molecular weight is 304 g/mol. The molecule has 0 amide bonds. The Hall–Kier alpha value is -1.51. The Bertz CT molecular complexity index is 444. The maximum atomic E-state index is 10.8. The lowest BCUT2D eigenvalue weighted by molar-refractivity contribution is 0.0697. The molecule has 22 heavy (non-hydrogen) atoms. The summed E-state index contributed by atoms with van der Waals surface area (Å²) >= 11 is 0. The van der Waals surface area contributed by atoms with Crippen molar-refractivity contribution in [2.75, 3.05) is 6.61 Å². The molecule has 1 aromatic rings. The molecule has 1 N–H and O–H groups in total. The van der Waals surface area contributed by atoms with Gasteiger partial charge in [-0.25, -0.2) is 4.79 Å². The highest BCUT2D eigenvalue weighted by Gasteiger charge is 2.20. The maximum Gasteiger partial charge on any atom is 0.335 e. The number of hydrogen-bond donors (Lipinski definition) is 1. The summed E-state index contributed by atoms with van der Waals surface area (Å²) < 4.78 is 5.70. The molecule has 0 bridgehead atoms. The summed E-state index contributed by atoms with van der Waals surface area (Å²) in [6, 6.07) is 6.65. The van der Waals surface area contributed by atoms with Gasteiger partial charge in [-0.15, -0.1) is 0 Å². The van der Waals surface area contributed by atoms with E-state index in [2.05, 4.69) is 6.92 Å². The number of rotatable bonds is 8. The fourth-order valence-corrected chi connectivity index (χ4v) is 3.47. The van der Waals surface area contributed by atoms with E-state index in [1.165, 1.54) is 44.9 Å². The highest BCUT2D eigenvalue weighted by atomic mass is 16.5. The first-order valence-electron chi connectivity index (χ1n) is 8.65. The zero-order chi connectivity index (χ0) is 15.8. The second-order valence-corrected chi connectivity index (χ2v) is 6.50. The first kappa shape index (κ1) is 16.9. The summed E-state index contributed by atoms with van der Waals surface area (Å²) in [6.07, 6.45) is 10.7. The predicted molar refractivity (Wildman–Crippen MR) is 88.5 cm³/mol. The van der Waals surface area contributed by atoms with Crippen LogP contribution in [-0.4, -0.2) is 17.7 Å². The third-order valence-electron chi connectivity index (χ3n) is 4.79. The van der Waals surface area contributed by atoms with Gasteiger partial charge in [-0.2, -0.15) is 0 Å². The van der Waals surface area contributed by atoms with Crippen molar-refractivity contribution in [2.24, 2.45) is 11.8 Å². The van der Waals surface area contributed by atoms with Crippen LogP contribution < -0.4 is 4.74 Å². The van der Waals surface area contributed by atoms with Crippen LogP contribution in [-0.2, 0) is 0 Å². The molecule has 0 spiro atoms. The molecule has 0 atom stereocenters. The molecule has 1 aliphatic carbocycles. The van der Waals surface area contributed by atoms with Gasteiger partial charge in [-0.1, -0.05) is 45.4 Å².